The van der Waals surface area contributed by atoms with E-state index >= 15 is 0 Å². The standard InChI is InChI=1S/C17H15N3O4S/c1-3-10-15(16(22)23)20-14(8(2)25-17(20)19-10)9-4-5-12-11(6-9)18-13(21)7-24-12/h4-6H,3,7H2,1-2H3,(H,18,21)(H,22,23). The Bertz CT molecular complexity index is 1030. The number of carboxylic acid groups (broad SMARTS) is 1. The molecule has 1 aliphatic heterocycles. The quantitative estimate of drug-likeness (QED) is 0.752. The average Bonchev–Trinajstić information content (AvgIpc) is 3.07. The van der Waals surface area contributed by atoms with Gasteiger partial charge in [0.1, 0.15) is 5.75 Å². The lowest BCUT2D eigenvalue weighted by Gasteiger charge is -2.18. The number of nitrogens with one attached hydrogen (secondary N) is 1. The number of hydrogen-bond donors (Lipinski definition) is 2. The molecule has 0 radical (unpaired) electrons. The van der Waals surface area contributed by atoms with E-state index in [0.717, 1.165) is 16.1 Å². The van der Waals surface area contributed by atoms with Crippen molar-refractivity contribution in [3.05, 3.63) is 34.5 Å². The number of imidazole rings is 1. The van der Waals surface area contributed by atoms with Gasteiger partial charge in [-0.2, -0.15) is 0 Å². The molecule has 7 nitrogen and oxygen atoms in total. The molecular weight excluding hydrogens is 342 g/mol. The van der Waals surface area contributed by atoms with Crippen molar-refractivity contribution in [3.63, 3.8) is 0 Å². The minimum absolute atomic E-state index is 0.00138. The molecular formula is C17H15N3O4S. The van der Waals surface area contributed by atoms with E-state index in [2.05, 4.69) is 10.3 Å². The van der Waals surface area contributed by atoms with Crippen LogP contribution < -0.4 is 10.1 Å². The highest BCUT2D eigenvalue weighted by Crippen LogP contribution is 2.37. The molecule has 2 aromatic heterocycles. The molecule has 1 aromatic carbocycles. The molecule has 0 aliphatic carbocycles. The van der Waals surface area contributed by atoms with E-state index in [-0.39, 0.29) is 18.2 Å². The third-order valence-corrected chi connectivity index (χ3v) is 5.10. The van der Waals surface area contributed by atoms with Crippen molar-refractivity contribution in [2.45, 2.75) is 20.3 Å². The van der Waals surface area contributed by atoms with E-state index < -0.39 is 5.97 Å². The molecule has 8 heteroatoms. The number of carbonyl (C=O) groups is 2. The zero-order valence-corrected chi connectivity index (χ0v) is 14.4. The number of carboxylic acids is 1. The van der Waals surface area contributed by atoms with Gasteiger partial charge in [0.25, 0.3) is 5.91 Å². The molecule has 2 N–H and O–H groups in total. The van der Waals surface area contributed by atoms with Crippen LogP contribution in [0.25, 0.3) is 16.2 Å². The summed E-state index contributed by atoms with van der Waals surface area (Å²) in [4.78, 5) is 29.4. The predicted molar refractivity (Wildman–Crippen MR) is 93.7 cm³/mol. The topological polar surface area (TPSA) is 92.9 Å². The fraction of sp³-hybridized carbons (Fsp3) is 0.235. The third kappa shape index (κ3) is 2.37. The highest BCUT2D eigenvalue weighted by Gasteiger charge is 2.25. The number of aryl methyl sites for hydroxylation is 2. The van der Waals surface area contributed by atoms with Crippen LogP contribution in [-0.4, -0.2) is 33.0 Å². The maximum atomic E-state index is 11.8. The van der Waals surface area contributed by atoms with Crippen LogP contribution in [0.15, 0.2) is 18.2 Å². The molecule has 128 valence electrons. The molecule has 0 atom stereocenters. The van der Waals surface area contributed by atoms with Crippen LogP contribution in [0.4, 0.5) is 5.69 Å². The molecule has 0 spiro atoms. The smallest absolute Gasteiger partial charge is 0.354 e. The summed E-state index contributed by atoms with van der Waals surface area (Å²) in [6, 6.07) is 5.45. The number of rotatable bonds is 3. The van der Waals surface area contributed by atoms with E-state index in [9.17, 15) is 14.7 Å². The lowest BCUT2D eigenvalue weighted by atomic mass is 10.1. The Balaban J connectivity index is 1.96. The van der Waals surface area contributed by atoms with Crippen LogP contribution in [0.2, 0.25) is 0 Å². The Morgan fingerprint density at radius 3 is 3.00 bits per heavy atom. The minimum Gasteiger partial charge on any atom is -0.482 e. The molecule has 25 heavy (non-hydrogen) atoms. The maximum absolute atomic E-state index is 11.8. The van der Waals surface area contributed by atoms with Gasteiger partial charge in [-0.1, -0.05) is 6.92 Å². The fourth-order valence-corrected chi connectivity index (χ4v) is 4.10. The van der Waals surface area contributed by atoms with Crippen molar-refractivity contribution >= 4 is 33.9 Å². The summed E-state index contributed by atoms with van der Waals surface area (Å²) in [5, 5.41) is 12.4. The van der Waals surface area contributed by atoms with Crippen LogP contribution >= 0.6 is 11.3 Å². The summed E-state index contributed by atoms with van der Waals surface area (Å²) in [5.74, 6) is -0.609. The summed E-state index contributed by atoms with van der Waals surface area (Å²) in [6.07, 6.45) is 0.544. The highest BCUT2D eigenvalue weighted by atomic mass is 32.1. The van der Waals surface area contributed by atoms with E-state index in [4.69, 9.17) is 4.74 Å². The normalized spacial score (nSPS) is 13.4. The van der Waals surface area contributed by atoms with E-state index in [1.165, 1.54) is 11.3 Å². The first-order valence-corrected chi connectivity index (χ1v) is 8.62. The number of carbonyl (C=O) groups excluding carboxylic acids is 1. The van der Waals surface area contributed by atoms with Crippen LogP contribution in [0, 0.1) is 6.92 Å². The van der Waals surface area contributed by atoms with Crippen LogP contribution in [0.5, 0.6) is 5.75 Å². The Morgan fingerprint density at radius 1 is 1.48 bits per heavy atom. The largest absolute Gasteiger partial charge is 0.482 e. The molecule has 0 bridgehead atoms. The monoisotopic (exact) mass is 357 g/mol. The maximum Gasteiger partial charge on any atom is 0.354 e. The van der Waals surface area contributed by atoms with Gasteiger partial charge in [0.2, 0.25) is 0 Å². The zero-order valence-electron chi connectivity index (χ0n) is 13.6. The van der Waals surface area contributed by atoms with Crippen molar-refractivity contribution in [3.8, 4) is 17.0 Å². The number of hydrogen-bond acceptors (Lipinski definition) is 5. The molecule has 0 fully saturated rings. The second-order valence-electron chi connectivity index (χ2n) is 5.74. The molecule has 1 aliphatic rings. The number of amides is 1. The minimum atomic E-state index is -1.00. The second kappa shape index (κ2) is 5.59. The summed E-state index contributed by atoms with van der Waals surface area (Å²) in [7, 11) is 0. The van der Waals surface area contributed by atoms with Gasteiger partial charge in [-0.15, -0.1) is 11.3 Å². The summed E-state index contributed by atoms with van der Waals surface area (Å²) in [5.41, 5.74) is 2.91. The Hall–Kier alpha value is -2.87. The van der Waals surface area contributed by atoms with Crippen LogP contribution in [-0.2, 0) is 11.2 Å². The van der Waals surface area contributed by atoms with Gasteiger partial charge in [0.05, 0.1) is 17.1 Å². The number of anilines is 1. The Labute approximate surface area is 146 Å². The molecule has 3 aromatic rings. The lowest BCUT2D eigenvalue weighted by molar-refractivity contribution is -0.118. The number of fused-ring (bicyclic) bond motifs is 2. The highest BCUT2D eigenvalue weighted by molar-refractivity contribution is 7.17. The Kier molecular flexibility index (Phi) is 3.50. The summed E-state index contributed by atoms with van der Waals surface area (Å²) >= 11 is 1.45. The van der Waals surface area contributed by atoms with Crippen LogP contribution in [0.3, 0.4) is 0 Å². The fourth-order valence-electron chi connectivity index (χ4n) is 3.09. The molecule has 1 amide bonds. The average molecular weight is 357 g/mol. The molecule has 4 rings (SSSR count). The molecule has 0 saturated carbocycles. The molecule has 0 unspecified atom stereocenters. The van der Waals surface area contributed by atoms with E-state index in [0.29, 0.717) is 28.5 Å². The zero-order chi connectivity index (χ0) is 17.7. The summed E-state index contributed by atoms with van der Waals surface area (Å²) < 4.78 is 7.08. The molecule has 0 saturated heterocycles. The first-order chi connectivity index (χ1) is 12.0. The van der Waals surface area contributed by atoms with Gasteiger partial charge >= 0.3 is 5.97 Å². The number of aromatic carboxylic acids is 1. The first kappa shape index (κ1) is 15.6. The lowest BCUT2D eigenvalue weighted by Crippen LogP contribution is -2.25. The van der Waals surface area contributed by atoms with Crippen molar-refractivity contribution in [2.75, 3.05) is 11.9 Å². The van der Waals surface area contributed by atoms with Crippen molar-refractivity contribution in [1.29, 1.82) is 0 Å². The van der Waals surface area contributed by atoms with Gasteiger partial charge in [-0.3, -0.25) is 9.20 Å². The van der Waals surface area contributed by atoms with Gasteiger partial charge < -0.3 is 15.2 Å². The Morgan fingerprint density at radius 2 is 2.28 bits per heavy atom. The van der Waals surface area contributed by atoms with Crippen molar-refractivity contribution in [2.24, 2.45) is 0 Å². The number of thiazole rings is 1. The van der Waals surface area contributed by atoms with E-state index in [1.807, 2.05) is 19.9 Å². The molecule has 3 heterocycles. The summed E-state index contributed by atoms with van der Waals surface area (Å²) in [6.45, 7) is 3.82. The number of nitrogens with zero attached hydrogens (tertiary/aromatic N) is 2. The van der Waals surface area contributed by atoms with Gasteiger partial charge in [-0.25, -0.2) is 9.78 Å². The first-order valence-electron chi connectivity index (χ1n) is 7.80. The SMILES string of the molecule is CCc1nc2sc(C)c(-c3ccc4c(c3)NC(=O)CO4)n2c1C(=O)O. The van der Waals surface area contributed by atoms with Crippen molar-refractivity contribution < 1.29 is 19.4 Å². The number of aromatic nitrogens is 2. The van der Waals surface area contributed by atoms with Crippen LogP contribution in [0.1, 0.15) is 28.0 Å². The van der Waals surface area contributed by atoms with Gasteiger partial charge in [0.15, 0.2) is 17.3 Å². The van der Waals surface area contributed by atoms with Crippen molar-refractivity contribution in [1.82, 2.24) is 9.38 Å². The van der Waals surface area contributed by atoms with Gasteiger partial charge in [0, 0.05) is 10.4 Å². The van der Waals surface area contributed by atoms with Gasteiger partial charge in [-0.05, 0) is 31.5 Å². The number of benzene rings is 1. The predicted octanol–water partition coefficient (Wildman–Crippen LogP) is 2.96. The second-order valence-corrected chi connectivity index (χ2v) is 6.92. The van der Waals surface area contributed by atoms with E-state index in [1.54, 1.807) is 16.5 Å². The number of ether oxygens (including phenoxy) is 1. The third-order valence-electron chi connectivity index (χ3n) is 4.14.